The number of rotatable bonds is 2. The molecule has 0 aromatic carbocycles. The first kappa shape index (κ1) is 11.8. The van der Waals surface area contributed by atoms with Gasteiger partial charge in [-0.1, -0.05) is 0 Å². The van der Waals surface area contributed by atoms with Gasteiger partial charge < -0.3 is 5.11 Å². The molecule has 1 aliphatic rings. The van der Waals surface area contributed by atoms with Crippen LogP contribution in [-0.4, -0.2) is 26.6 Å². The Morgan fingerprint density at radius 1 is 1.47 bits per heavy atom. The Bertz CT molecular complexity index is 466. The van der Waals surface area contributed by atoms with Crippen molar-refractivity contribution in [2.75, 3.05) is 0 Å². The fourth-order valence-corrected chi connectivity index (χ4v) is 2.59. The Hall–Kier alpha value is -1.65. The molecular weight excluding hydrogens is 220 g/mol. The maximum Gasteiger partial charge on any atom is 0.315 e. The molecule has 1 fully saturated rings. The molecule has 0 amide bonds. The second-order valence-corrected chi connectivity index (χ2v) is 4.76. The van der Waals surface area contributed by atoms with Crippen LogP contribution in [0.3, 0.4) is 0 Å². The van der Waals surface area contributed by atoms with Gasteiger partial charge in [0.1, 0.15) is 11.2 Å². The van der Waals surface area contributed by atoms with E-state index in [0.717, 1.165) is 5.56 Å². The van der Waals surface area contributed by atoms with E-state index >= 15 is 0 Å². The molecule has 0 bridgehead atoms. The van der Waals surface area contributed by atoms with Gasteiger partial charge in [0.05, 0.1) is 5.69 Å². The first-order valence-corrected chi connectivity index (χ1v) is 5.71. The highest BCUT2D eigenvalue weighted by Gasteiger charge is 2.46. The molecule has 1 N–H and O–H groups in total. The minimum Gasteiger partial charge on any atom is -0.481 e. The largest absolute Gasteiger partial charge is 0.481 e. The van der Waals surface area contributed by atoms with Crippen LogP contribution in [0.2, 0.25) is 0 Å². The Kier molecular flexibility index (Phi) is 2.77. The van der Waals surface area contributed by atoms with Gasteiger partial charge in [-0.05, 0) is 25.3 Å². The summed E-state index contributed by atoms with van der Waals surface area (Å²) in [5.41, 5.74) is 0.517. The van der Waals surface area contributed by atoms with Gasteiger partial charge in [-0.3, -0.25) is 14.3 Å². The van der Waals surface area contributed by atoms with Crippen LogP contribution < -0.4 is 0 Å². The van der Waals surface area contributed by atoms with Gasteiger partial charge in [0.25, 0.3) is 0 Å². The number of nitrogens with zero attached hydrogens (tertiary/aromatic N) is 2. The van der Waals surface area contributed by atoms with E-state index in [9.17, 15) is 14.7 Å². The molecule has 5 nitrogen and oxygen atoms in total. The molecule has 0 unspecified atom stereocenters. The van der Waals surface area contributed by atoms with Crippen molar-refractivity contribution in [2.24, 2.45) is 7.05 Å². The highest BCUT2D eigenvalue weighted by molar-refractivity contribution is 5.87. The number of carbonyl (C=O) groups is 2. The second kappa shape index (κ2) is 3.98. The van der Waals surface area contributed by atoms with Crippen LogP contribution in [0.1, 0.15) is 36.9 Å². The lowest BCUT2D eigenvalue weighted by molar-refractivity contribution is -0.146. The molecule has 5 heteroatoms. The number of hydrogen-bond acceptors (Lipinski definition) is 3. The Morgan fingerprint density at radius 2 is 2.06 bits per heavy atom. The van der Waals surface area contributed by atoms with Gasteiger partial charge in [0.2, 0.25) is 0 Å². The molecule has 0 radical (unpaired) electrons. The number of carboxylic acids is 1. The van der Waals surface area contributed by atoms with E-state index in [1.54, 1.807) is 11.7 Å². The summed E-state index contributed by atoms with van der Waals surface area (Å²) in [4.78, 5) is 22.9. The number of aryl methyl sites for hydroxylation is 2. The minimum absolute atomic E-state index is 0.149. The zero-order chi connectivity index (χ0) is 12.6. The van der Waals surface area contributed by atoms with Gasteiger partial charge >= 0.3 is 5.97 Å². The molecule has 0 aliphatic heterocycles. The summed E-state index contributed by atoms with van der Waals surface area (Å²) in [6, 6.07) is 0. The Labute approximate surface area is 99.4 Å². The predicted octanol–water partition coefficient (Wildman–Crippen LogP) is 1.19. The van der Waals surface area contributed by atoms with E-state index in [2.05, 4.69) is 5.10 Å². The molecule has 0 atom stereocenters. The van der Waals surface area contributed by atoms with Gasteiger partial charge in [0.15, 0.2) is 0 Å². The molecule has 1 aromatic heterocycles. The zero-order valence-electron chi connectivity index (χ0n) is 10.1. The fourth-order valence-electron chi connectivity index (χ4n) is 2.59. The van der Waals surface area contributed by atoms with E-state index in [1.165, 1.54) is 0 Å². The highest BCUT2D eigenvalue weighted by Crippen LogP contribution is 2.39. The summed E-state index contributed by atoms with van der Waals surface area (Å²) < 4.78 is 1.63. The SMILES string of the molecule is Cc1cn(C)nc1C1(C(=O)O)CCC(=O)CC1. The lowest BCUT2D eigenvalue weighted by Crippen LogP contribution is -2.40. The molecular formula is C12H16N2O3. The van der Waals surface area contributed by atoms with Crippen LogP contribution in [0.25, 0.3) is 0 Å². The van der Waals surface area contributed by atoms with E-state index < -0.39 is 11.4 Å². The number of ketones is 1. The third kappa shape index (κ3) is 1.85. The topological polar surface area (TPSA) is 72.2 Å². The number of carboxylic acid groups (broad SMARTS) is 1. The molecule has 1 heterocycles. The first-order chi connectivity index (χ1) is 7.95. The van der Waals surface area contributed by atoms with Gasteiger partial charge in [-0.2, -0.15) is 5.10 Å². The van der Waals surface area contributed by atoms with Crippen LogP contribution in [-0.2, 0) is 22.1 Å². The summed E-state index contributed by atoms with van der Waals surface area (Å²) in [6.45, 7) is 1.86. The number of aromatic nitrogens is 2. The van der Waals surface area contributed by atoms with E-state index in [-0.39, 0.29) is 5.78 Å². The van der Waals surface area contributed by atoms with Crippen molar-refractivity contribution >= 4 is 11.8 Å². The maximum absolute atomic E-state index is 11.6. The summed E-state index contributed by atoms with van der Waals surface area (Å²) in [5, 5.41) is 13.8. The third-order valence-electron chi connectivity index (χ3n) is 3.54. The number of hydrogen-bond donors (Lipinski definition) is 1. The van der Waals surface area contributed by atoms with Gasteiger partial charge in [-0.25, -0.2) is 0 Å². The molecule has 92 valence electrons. The van der Waals surface area contributed by atoms with E-state index in [0.29, 0.717) is 31.4 Å². The van der Waals surface area contributed by atoms with Crippen molar-refractivity contribution in [3.8, 4) is 0 Å². The molecule has 2 rings (SSSR count). The average molecular weight is 236 g/mol. The second-order valence-electron chi connectivity index (χ2n) is 4.76. The molecule has 0 spiro atoms. The summed E-state index contributed by atoms with van der Waals surface area (Å²) in [5.74, 6) is -0.720. The molecule has 1 aliphatic carbocycles. The quantitative estimate of drug-likeness (QED) is 0.837. The van der Waals surface area contributed by atoms with Gasteiger partial charge in [-0.15, -0.1) is 0 Å². The minimum atomic E-state index is -0.973. The van der Waals surface area contributed by atoms with E-state index in [4.69, 9.17) is 0 Å². The van der Waals surface area contributed by atoms with Crippen LogP contribution in [0.4, 0.5) is 0 Å². The van der Waals surface area contributed by atoms with E-state index in [1.807, 2.05) is 13.1 Å². The van der Waals surface area contributed by atoms with Crippen LogP contribution >= 0.6 is 0 Å². The van der Waals surface area contributed by atoms with Crippen molar-refractivity contribution in [2.45, 2.75) is 38.0 Å². The number of Topliss-reactive ketones (excluding diaryl/α,β-unsaturated/α-hetero) is 1. The van der Waals surface area contributed by atoms with Crippen molar-refractivity contribution in [3.63, 3.8) is 0 Å². The lowest BCUT2D eigenvalue weighted by atomic mass is 9.70. The normalized spacial score (nSPS) is 19.3. The number of carbonyl (C=O) groups excluding carboxylic acids is 1. The van der Waals surface area contributed by atoms with Crippen LogP contribution in [0, 0.1) is 6.92 Å². The van der Waals surface area contributed by atoms with Gasteiger partial charge in [0, 0.05) is 26.1 Å². The van der Waals surface area contributed by atoms with Crippen molar-refractivity contribution < 1.29 is 14.7 Å². The van der Waals surface area contributed by atoms with Crippen molar-refractivity contribution in [1.29, 1.82) is 0 Å². The fraction of sp³-hybridized carbons (Fsp3) is 0.583. The van der Waals surface area contributed by atoms with Crippen molar-refractivity contribution in [3.05, 3.63) is 17.5 Å². The summed E-state index contributed by atoms with van der Waals surface area (Å²) >= 11 is 0. The molecule has 17 heavy (non-hydrogen) atoms. The predicted molar refractivity (Wildman–Crippen MR) is 60.7 cm³/mol. The van der Waals surface area contributed by atoms with Crippen molar-refractivity contribution in [1.82, 2.24) is 9.78 Å². The average Bonchev–Trinajstić information content (AvgIpc) is 2.59. The standard InChI is InChI=1S/C12H16N2O3/c1-8-7-14(2)13-10(8)12(11(16)17)5-3-9(15)4-6-12/h7H,3-6H2,1-2H3,(H,16,17). The summed E-state index contributed by atoms with van der Waals surface area (Å²) in [7, 11) is 1.78. The first-order valence-electron chi connectivity index (χ1n) is 5.71. The third-order valence-corrected chi connectivity index (χ3v) is 3.54. The number of aliphatic carboxylic acids is 1. The van der Waals surface area contributed by atoms with Crippen LogP contribution in [0.5, 0.6) is 0 Å². The monoisotopic (exact) mass is 236 g/mol. The maximum atomic E-state index is 11.6. The van der Waals surface area contributed by atoms with Crippen LogP contribution in [0.15, 0.2) is 6.20 Å². The molecule has 1 saturated carbocycles. The smallest absolute Gasteiger partial charge is 0.315 e. The zero-order valence-corrected chi connectivity index (χ0v) is 10.1. The molecule has 0 saturated heterocycles. The lowest BCUT2D eigenvalue weighted by Gasteiger charge is -2.31. The molecule has 1 aromatic rings. The highest BCUT2D eigenvalue weighted by atomic mass is 16.4. The summed E-state index contributed by atoms with van der Waals surface area (Å²) in [6.07, 6.45) is 3.21. The Morgan fingerprint density at radius 3 is 2.47 bits per heavy atom. The Balaban J connectivity index is 2.45.